The maximum absolute atomic E-state index is 12.7. The molecule has 1 aromatic carbocycles. The Labute approximate surface area is 120 Å². The van der Waals surface area contributed by atoms with Gasteiger partial charge in [-0.1, -0.05) is 0 Å². The molecule has 0 saturated heterocycles. The topological polar surface area (TPSA) is 64.3 Å². The van der Waals surface area contributed by atoms with Crippen LogP contribution in [0.5, 0.6) is 0 Å². The van der Waals surface area contributed by atoms with Crippen LogP contribution in [0.3, 0.4) is 0 Å². The molecule has 0 bridgehead atoms. The Kier molecular flexibility index (Phi) is 5.19. The molecule has 0 aliphatic rings. The summed E-state index contributed by atoms with van der Waals surface area (Å²) in [7, 11) is 0. The van der Waals surface area contributed by atoms with Gasteiger partial charge in [0.15, 0.2) is 0 Å². The number of nitrogens with zero attached hydrogens (tertiary/aromatic N) is 2. The van der Waals surface area contributed by atoms with E-state index in [-0.39, 0.29) is 18.2 Å². The summed E-state index contributed by atoms with van der Waals surface area (Å²) in [5.41, 5.74) is -1.25. The summed E-state index contributed by atoms with van der Waals surface area (Å²) in [5.74, 6) is -1.80. The molecule has 4 nitrogen and oxygen atoms in total. The summed E-state index contributed by atoms with van der Waals surface area (Å²) >= 11 is 0. The Bertz CT molecular complexity index is 564. The average Bonchev–Trinajstić information content (AvgIpc) is 2.42. The van der Waals surface area contributed by atoms with Crippen molar-refractivity contribution in [2.75, 3.05) is 18.0 Å². The molecule has 1 unspecified atom stereocenters. The SMILES string of the molecule is CCN(CC(C)C#N)c1ccc(C(F)(F)F)cc1C(=O)O. The molecule has 21 heavy (non-hydrogen) atoms. The van der Waals surface area contributed by atoms with Gasteiger partial charge in [0.2, 0.25) is 0 Å². The van der Waals surface area contributed by atoms with E-state index in [1.54, 1.807) is 18.7 Å². The Morgan fingerprint density at radius 2 is 2.10 bits per heavy atom. The van der Waals surface area contributed by atoms with Gasteiger partial charge >= 0.3 is 12.1 Å². The Hall–Kier alpha value is -2.23. The van der Waals surface area contributed by atoms with Crippen molar-refractivity contribution < 1.29 is 23.1 Å². The fourth-order valence-corrected chi connectivity index (χ4v) is 1.93. The summed E-state index contributed by atoms with van der Waals surface area (Å²) in [6, 6.07) is 4.62. The number of carboxylic acids is 1. The molecule has 7 heteroatoms. The largest absolute Gasteiger partial charge is 0.478 e. The van der Waals surface area contributed by atoms with Crippen LogP contribution in [0, 0.1) is 17.2 Å². The maximum Gasteiger partial charge on any atom is 0.416 e. The average molecular weight is 300 g/mol. The quantitative estimate of drug-likeness (QED) is 0.905. The number of rotatable bonds is 5. The fraction of sp³-hybridized carbons (Fsp3) is 0.429. The smallest absolute Gasteiger partial charge is 0.416 e. The van der Waals surface area contributed by atoms with Gasteiger partial charge in [-0.3, -0.25) is 0 Å². The number of anilines is 1. The third-order valence-electron chi connectivity index (χ3n) is 2.99. The lowest BCUT2D eigenvalue weighted by molar-refractivity contribution is -0.137. The highest BCUT2D eigenvalue weighted by Gasteiger charge is 2.32. The lowest BCUT2D eigenvalue weighted by Crippen LogP contribution is -2.29. The second-order valence-corrected chi connectivity index (χ2v) is 4.60. The molecule has 0 fully saturated rings. The fourth-order valence-electron chi connectivity index (χ4n) is 1.93. The van der Waals surface area contributed by atoms with E-state index in [0.717, 1.165) is 12.1 Å². The number of alkyl halides is 3. The molecule has 0 aromatic heterocycles. The first-order chi connectivity index (χ1) is 9.70. The van der Waals surface area contributed by atoms with Gasteiger partial charge in [0, 0.05) is 13.1 Å². The Morgan fingerprint density at radius 3 is 2.52 bits per heavy atom. The lowest BCUT2D eigenvalue weighted by atomic mass is 10.1. The van der Waals surface area contributed by atoms with Gasteiger partial charge in [-0.2, -0.15) is 18.4 Å². The first kappa shape index (κ1) is 16.8. The molecular formula is C14H15F3N2O2. The molecule has 1 atom stereocenters. The van der Waals surface area contributed by atoms with E-state index in [1.807, 2.05) is 6.07 Å². The first-order valence-corrected chi connectivity index (χ1v) is 6.29. The molecule has 114 valence electrons. The molecule has 0 saturated carbocycles. The number of benzene rings is 1. The molecule has 0 aliphatic carbocycles. The van der Waals surface area contributed by atoms with Crippen molar-refractivity contribution in [1.82, 2.24) is 0 Å². The number of halogens is 3. The van der Waals surface area contributed by atoms with E-state index < -0.39 is 23.3 Å². The van der Waals surface area contributed by atoms with Crippen molar-refractivity contribution in [2.45, 2.75) is 20.0 Å². The van der Waals surface area contributed by atoms with Crippen molar-refractivity contribution in [3.63, 3.8) is 0 Å². The highest BCUT2D eigenvalue weighted by Crippen LogP contribution is 2.33. The number of carboxylic acid groups (broad SMARTS) is 1. The number of carbonyl (C=O) groups is 1. The molecule has 0 aliphatic heterocycles. The Balaban J connectivity index is 3.28. The number of hydrogen-bond acceptors (Lipinski definition) is 3. The second kappa shape index (κ2) is 6.48. The van der Waals surface area contributed by atoms with Crippen LogP contribution in [0.1, 0.15) is 29.8 Å². The van der Waals surface area contributed by atoms with E-state index in [4.69, 9.17) is 10.4 Å². The van der Waals surface area contributed by atoms with Crippen molar-refractivity contribution in [3.8, 4) is 6.07 Å². The van der Waals surface area contributed by atoms with Gasteiger partial charge in [-0.25, -0.2) is 4.79 Å². The van der Waals surface area contributed by atoms with Crippen LogP contribution < -0.4 is 4.90 Å². The van der Waals surface area contributed by atoms with E-state index in [9.17, 15) is 18.0 Å². The number of aromatic carboxylic acids is 1. The van der Waals surface area contributed by atoms with Crippen LogP contribution in [-0.2, 0) is 6.18 Å². The highest BCUT2D eigenvalue weighted by molar-refractivity contribution is 5.94. The van der Waals surface area contributed by atoms with Crippen molar-refractivity contribution in [3.05, 3.63) is 29.3 Å². The number of hydrogen-bond donors (Lipinski definition) is 1. The number of nitriles is 1. The van der Waals surface area contributed by atoms with Crippen LogP contribution >= 0.6 is 0 Å². The predicted molar refractivity (Wildman–Crippen MR) is 71.1 cm³/mol. The molecule has 1 N–H and O–H groups in total. The van der Waals surface area contributed by atoms with Crippen molar-refractivity contribution in [2.24, 2.45) is 5.92 Å². The van der Waals surface area contributed by atoms with Crippen molar-refractivity contribution >= 4 is 11.7 Å². The zero-order chi connectivity index (χ0) is 16.2. The van der Waals surface area contributed by atoms with Crippen LogP contribution in [-0.4, -0.2) is 24.2 Å². The van der Waals surface area contributed by atoms with E-state index >= 15 is 0 Å². The lowest BCUT2D eigenvalue weighted by Gasteiger charge is -2.26. The molecule has 0 heterocycles. The summed E-state index contributed by atoms with van der Waals surface area (Å²) in [4.78, 5) is 12.8. The van der Waals surface area contributed by atoms with Gasteiger partial charge < -0.3 is 10.0 Å². The monoisotopic (exact) mass is 300 g/mol. The summed E-state index contributed by atoms with van der Waals surface area (Å²) < 4.78 is 38.0. The van der Waals surface area contributed by atoms with Crippen LogP contribution in [0.4, 0.5) is 18.9 Å². The molecule has 0 radical (unpaired) electrons. The van der Waals surface area contributed by atoms with Crippen LogP contribution in [0.2, 0.25) is 0 Å². The molecule has 1 rings (SSSR count). The third-order valence-corrected chi connectivity index (χ3v) is 2.99. The van der Waals surface area contributed by atoms with E-state index in [2.05, 4.69) is 0 Å². The normalized spacial score (nSPS) is 12.6. The molecular weight excluding hydrogens is 285 g/mol. The minimum atomic E-state index is -4.60. The highest BCUT2D eigenvalue weighted by atomic mass is 19.4. The van der Waals surface area contributed by atoms with E-state index in [0.29, 0.717) is 12.6 Å². The standard InChI is InChI=1S/C14H15F3N2O2/c1-3-19(8-9(2)7-18)12-5-4-10(14(15,16)17)6-11(12)13(20)21/h4-6,9H,3,8H2,1-2H3,(H,20,21). The van der Waals surface area contributed by atoms with Gasteiger partial charge in [0.1, 0.15) is 0 Å². The first-order valence-electron chi connectivity index (χ1n) is 6.29. The van der Waals surface area contributed by atoms with Gasteiger partial charge in [0.05, 0.1) is 28.8 Å². The van der Waals surface area contributed by atoms with Gasteiger partial charge in [0.25, 0.3) is 0 Å². The Morgan fingerprint density at radius 1 is 1.48 bits per heavy atom. The summed E-state index contributed by atoms with van der Waals surface area (Å²) in [6.45, 7) is 4.04. The molecule has 1 aromatic rings. The maximum atomic E-state index is 12.7. The molecule has 0 spiro atoms. The van der Waals surface area contributed by atoms with E-state index in [1.165, 1.54) is 0 Å². The van der Waals surface area contributed by atoms with Gasteiger partial charge in [-0.05, 0) is 32.0 Å². The minimum Gasteiger partial charge on any atom is -0.478 e. The summed E-state index contributed by atoms with van der Waals surface area (Å²) in [5, 5.41) is 17.9. The van der Waals surface area contributed by atoms with Crippen LogP contribution in [0.25, 0.3) is 0 Å². The van der Waals surface area contributed by atoms with Crippen LogP contribution in [0.15, 0.2) is 18.2 Å². The third kappa shape index (κ3) is 4.12. The zero-order valence-corrected chi connectivity index (χ0v) is 11.6. The zero-order valence-electron chi connectivity index (χ0n) is 11.6. The predicted octanol–water partition coefficient (Wildman–Crippen LogP) is 3.39. The van der Waals surface area contributed by atoms with Crippen molar-refractivity contribution in [1.29, 1.82) is 5.26 Å². The minimum absolute atomic E-state index is 0.181. The molecule has 0 amide bonds. The second-order valence-electron chi connectivity index (χ2n) is 4.60. The summed E-state index contributed by atoms with van der Waals surface area (Å²) in [6.07, 6.45) is -4.60. The van der Waals surface area contributed by atoms with Gasteiger partial charge in [-0.15, -0.1) is 0 Å².